The van der Waals surface area contributed by atoms with Crippen molar-refractivity contribution in [2.45, 2.75) is 38.8 Å². The molecule has 1 aromatic carbocycles. The first kappa shape index (κ1) is 16.4. The summed E-state index contributed by atoms with van der Waals surface area (Å²) in [5.74, 6) is -0.583. The van der Waals surface area contributed by atoms with Gasteiger partial charge in [-0.25, -0.2) is 9.18 Å². The van der Waals surface area contributed by atoms with Crippen molar-refractivity contribution >= 4 is 24.0 Å². The fraction of sp³-hybridized carbons (Fsp3) is 0.429. The molecule has 0 spiro atoms. The minimum atomic E-state index is -0.865. The third kappa shape index (κ3) is 4.81. The van der Waals surface area contributed by atoms with Crippen LogP contribution >= 0.6 is 11.6 Å². The van der Waals surface area contributed by atoms with Crippen molar-refractivity contribution in [1.29, 1.82) is 0 Å². The van der Waals surface area contributed by atoms with Gasteiger partial charge in [-0.2, -0.15) is 0 Å². The quantitative estimate of drug-likeness (QED) is 0.864. The number of hydrogen-bond donors (Lipinski definition) is 1. The van der Waals surface area contributed by atoms with Gasteiger partial charge >= 0.3 is 6.09 Å². The van der Waals surface area contributed by atoms with Gasteiger partial charge < -0.3 is 14.8 Å². The summed E-state index contributed by atoms with van der Waals surface area (Å²) < 4.78 is 18.9. The molecule has 0 aliphatic heterocycles. The van der Waals surface area contributed by atoms with Gasteiger partial charge in [0.05, 0.1) is 6.04 Å². The lowest BCUT2D eigenvalue weighted by Crippen LogP contribution is -2.35. The van der Waals surface area contributed by atoms with E-state index in [1.54, 1.807) is 20.8 Å². The molecule has 0 saturated carbocycles. The van der Waals surface area contributed by atoms with Crippen LogP contribution in [0, 0.1) is 5.82 Å². The van der Waals surface area contributed by atoms with E-state index in [4.69, 9.17) is 16.3 Å². The molecule has 0 radical (unpaired) electrons. The van der Waals surface area contributed by atoms with E-state index < -0.39 is 23.6 Å². The average Bonchev–Trinajstić information content (AvgIpc) is 2.26. The number of rotatable bonds is 4. The Bertz CT molecular complexity index is 479. The van der Waals surface area contributed by atoms with E-state index in [1.807, 2.05) is 0 Å². The second-order valence-electron chi connectivity index (χ2n) is 5.24. The Morgan fingerprint density at radius 1 is 1.50 bits per heavy atom. The molecule has 1 aromatic rings. The molecule has 1 atom stereocenters. The summed E-state index contributed by atoms with van der Waals surface area (Å²) >= 11 is 5.93. The van der Waals surface area contributed by atoms with Crippen LogP contribution in [0.5, 0.6) is 0 Å². The van der Waals surface area contributed by atoms with Gasteiger partial charge in [0.15, 0.2) is 0 Å². The van der Waals surface area contributed by atoms with Crippen LogP contribution < -0.4 is 5.32 Å². The highest BCUT2D eigenvalue weighted by Crippen LogP contribution is 2.27. The molecule has 0 aliphatic carbocycles. The number of benzene rings is 1. The van der Waals surface area contributed by atoms with Crippen molar-refractivity contribution in [2.24, 2.45) is 0 Å². The number of halogens is 2. The van der Waals surface area contributed by atoms with Gasteiger partial charge in [-0.3, -0.25) is 0 Å². The lowest BCUT2D eigenvalue weighted by atomic mass is 10.0. The highest BCUT2D eigenvalue weighted by atomic mass is 35.5. The number of hydrogen-bond acceptors (Lipinski definition) is 3. The standard InChI is InChI=1S/C14H17ClFNO3/c1-14(2,3)20-13(19)17-11(7-8-18)12-9(15)5-4-6-10(12)16/h4-6,8,11H,7H2,1-3H3,(H,17,19)/t11-/m0/s1. The smallest absolute Gasteiger partial charge is 0.408 e. The second kappa shape index (κ2) is 6.70. The number of carbonyl (C=O) groups excluding carboxylic acids is 2. The molecule has 0 fully saturated rings. The number of alkyl carbamates (subject to hydrolysis) is 1. The minimum absolute atomic E-state index is 0.0760. The Labute approximate surface area is 122 Å². The van der Waals surface area contributed by atoms with Crippen LogP contribution in [-0.4, -0.2) is 18.0 Å². The summed E-state index contributed by atoms with van der Waals surface area (Å²) in [6, 6.07) is 3.30. The third-order valence-corrected chi connectivity index (χ3v) is 2.70. The van der Waals surface area contributed by atoms with Crippen LogP contribution in [0.2, 0.25) is 5.02 Å². The molecule has 0 unspecified atom stereocenters. The first-order chi connectivity index (χ1) is 9.24. The SMILES string of the molecule is CC(C)(C)OC(=O)N[C@@H](CC=O)c1c(F)cccc1Cl. The topological polar surface area (TPSA) is 55.4 Å². The Balaban J connectivity index is 2.95. The molecule has 1 rings (SSSR count). The molecule has 1 amide bonds. The molecular weight excluding hydrogens is 285 g/mol. The predicted octanol–water partition coefficient (Wildman–Crippen LogP) is 3.63. The van der Waals surface area contributed by atoms with Crippen LogP contribution in [0.4, 0.5) is 9.18 Å². The Morgan fingerprint density at radius 3 is 2.65 bits per heavy atom. The van der Waals surface area contributed by atoms with E-state index in [0.29, 0.717) is 6.29 Å². The molecule has 20 heavy (non-hydrogen) atoms. The van der Waals surface area contributed by atoms with E-state index in [0.717, 1.165) is 0 Å². The first-order valence-corrected chi connectivity index (χ1v) is 6.49. The first-order valence-electron chi connectivity index (χ1n) is 6.11. The van der Waals surface area contributed by atoms with Crippen molar-refractivity contribution in [3.05, 3.63) is 34.6 Å². The number of carbonyl (C=O) groups is 2. The van der Waals surface area contributed by atoms with Crippen molar-refractivity contribution in [2.75, 3.05) is 0 Å². The van der Waals surface area contributed by atoms with E-state index in [9.17, 15) is 14.0 Å². The number of ether oxygens (including phenoxy) is 1. The summed E-state index contributed by atoms with van der Waals surface area (Å²) in [4.78, 5) is 22.4. The number of nitrogens with one attached hydrogen (secondary N) is 1. The zero-order valence-corrected chi connectivity index (χ0v) is 12.3. The maximum absolute atomic E-state index is 13.8. The molecule has 1 N–H and O–H groups in total. The van der Waals surface area contributed by atoms with Gasteiger partial charge in [0, 0.05) is 17.0 Å². The lowest BCUT2D eigenvalue weighted by Gasteiger charge is -2.23. The summed E-state index contributed by atoms with van der Waals surface area (Å²) in [6.45, 7) is 5.12. The van der Waals surface area contributed by atoms with E-state index in [2.05, 4.69) is 5.32 Å². The second-order valence-corrected chi connectivity index (χ2v) is 5.64. The van der Waals surface area contributed by atoms with Crippen molar-refractivity contribution < 1.29 is 18.7 Å². The molecule has 0 bridgehead atoms. The lowest BCUT2D eigenvalue weighted by molar-refractivity contribution is -0.108. The third-order valence-electron chi connectivity index (χ3n) is 2.37. The van der Waals surface area contributed by atoms with Crippen molar-refractivity contribution in [3.8, 4) is 0 Å². The molecule has 0 saturated heterocycles. The Kier molecular flexibility index (Phi) is 5.51. The largest absolute Gasteiger partial charge is 0.444 e. The van der Waals surface area contributed by atoms with Crippen molar-refractivity contribution in [3.63, 3.8) is 0 Å². The van der Waals surface area contributed by atoms with E-state index in [-0.39, 0.29) is 17.0 Å². The molecule has 0 heterocycles. The maximum Gasteiger partial charge on any atom is 0.408 e. The van der Waals surface area contributed by atoms with Gasteiger partial charge in [-0.15, -0.1) is 0 Å². The van der Waals surface area contributed by atoms with Gasteiger partial charge in [0.25, 0.3) is 0 Å². The summed E-state index contributed by atoms with van der Waals surface area (Å²) in [6.07, 6.45) is -0.242. The molecule has 4 nitrogen and oxygen atoms in total. The summed E-state index contributed by atoms with van der Waals surface area (Å²) in [5, 5.41) is 2.60. The van der Waals surface area contributed by atoms with Gasteiger partial charge in [0.2, 0.25) is 0 Å². The number of aldehydes is 1. The number of amides is 1. The van der Waals surface area contributed by atoms with E-state index in [1.165, 1.54) is 18.2 Å². The zero-order chi connectivity index (χ0) is 15.3. The van der Waals surface area contributed by atoms with Gasteiger partial charge in [-0.05, 0) is 32.9 Å². The van der Waals surface area contributed by atoms with Crippen LogP contribution in [0.15, 0.2) is 18.2 Å². The normalized spacial score (nSPS) is 12.7. The molecule has 0 aliphatic rings. The van der Waals surface area contributed by atoms with Crippen LogP contribution in [0.3, 0.4) is 0 Å². The predicted molar refractivity (Wildman–Crippen MR) is 74.2 cm³/mol. The maximum atomic E-state index is 13.8. The molecular formula is C14H17ClFNO3. The van der Waals surface area contributed by atoms with Crippen molar-refractivity contribution in [1.82, 2.24) is 5.32 Å². The highest BCUT2D eigenvalue weighted by Gasteiger charge is 2.24. The Morgan fingerprint density at radius 2 is 2.15 bits per heavy atom. The zero-order valence-electron chi connectivity index (χ0n) is 11.6. The van der Waals surface area contributed by atoms with Gasteiger partial charge in [-0.1, -0.05) is 17.7 Å². The summed E-state index contributed by atoms with van der Waals surface area (Å²) in [7, 11) is 0. The highest BCUT2D eigenvalue weighted by molar-refractivity contribution is 6.31. The molecule has 0 aromatic heterocycles. The average molecular weight is 302 g/mol. The summed E-state index contributed by atoms with van der Waals surface area (Å²) in [5.41, 5.74) is -0.610. The fourth-order valence-corrected chi connectivity index (χ4v) is 1.93. The Hall–Kier alpha value is -1.62. The van der Waals surface area contributed by atoms with Crippen LogP contribution in [-0.2, 0) is 9.53 Å². The van der Waals surface area contributed by atoms with E-state index >= 15 is 0 Å². The van der Waals surface area contributed by atoms with Crippen LogP contribution in [0.1, 0.15) is 38.8 Å². The minimum Gasteiger partial charge on any atom is -0.444 e. The fourth-order valence-electron chi connectivity index (χ4n) is 1.64. The van der Waals surface area contributed by atoms with Gasteiger partial charge in [0.1, 0.15) is 17.7 Å². The monoisotopic (exact) mass is 301 g/mol. The molecule has 6 heteroatoms. The molecule has 110 valence electrons. The van der Waals surface area contributed by atoms with Crippen LogP contribution in [0.25, 0.3) is 0 Å².